The fraction of sp³-hybridized carbons (Fsp3) is 0.611. The predicted octanol–water partition coefficient (Wildman–Crippen LogP) is 2.44. The van der Waals surface area contributed by atoms with Gasteiger partial charge in [-0.15, -0.1) is 0 Å². The first-order chi connectivity index (χ1) is 11.1. The van der Waals surface area contributed by atoms with Gasteiger partial charge in [0.15, 0.2) is 11.5 Å². The van der Waals surface area contributed by atoms with Crippen molar-refractivity contribution >= 4 is 5.91 Å². The van der Waals surface area contributed by atoms with E-state index in [0.29, 0.717) is 12.5 Å². The zero-order chi connectivity index (χ0) is 16.7. The monoisotopic (exact) mass is 320 g/mol. The molecule has 5 heteroatoms. The Balaban J connectivity index is 1.94. The summed E-state index contributed by atoms with van der Waals surface area (Å²) in [6.07, 6.45) is 2.36. The van der Waals surface area contributed by atoms with Gasteiger partial charge in [0.2, 0.25) is 5.91 Å². The van der Waals surface area contributed by atoms with Gasteiger partial charge in [-0.25, -0.2) is 0 Å². The zero-order valence-corrected chi connectivity index (χ0v) is 14.4. The second-order valence-electron chi connectivity index (χ2n) is 6.10. The number of amides is 1. The largest absolute Gasteiger partial charge is 0.493 e. The van der Waals surface area contributed by atoms with E-state index in [-0.39, 0.29) is 5.91 Å². The van der Waals surface area contributed by atoms with Crippen LogP contribution >= 0.6 is 0 Å². The summed E-state index contributed by atoms with van der Waals surface area (Å²) >= 11 is 0. The van der Waals surface area contributed by atoms with Crippen molar-refractivity contribution in [2.75, 3.05) is 33.4 Å². The fourth-order valence-corrected chi connectivity index (χ4v) is 3.09. The number of ether oxygens (including phenoxy) is 2. The van der Waals surface area contributed by atoms with E-state index in [0.717, 1.165) is 37.7 Å². The highest BCUT2D eigenvalue weighted by atomic mass is 16.5. The number of methoxy groups -OCH3 is 1. The van der Waals surface area contributed by atoms with Crippen molar-refractivity contribution in [3.63, 3.8) is 0 Å². The fourth-order valence-electron chi connectivity index (χ4n) is 3.09. The number of nitrogens with one attached hydrogen (secondary N) is 1. The molecule has 2 rings (SSSR count). The van der Waals surface area contributed by atoms with Gasteiger partial charge < -0.3 is 14.8 Å². The van der Waals surface area contributed by atoms with Gasteiger partial charge in [-0.2, -0.15) is 0 Å². The molecule has 23 heavy (non-hydrogen) atoms. The maximum absolute atomic E-state index is 11.1. The standard InChI is InChI=1S/C18H28N2O3/c1-4-23-17-8-7-15(10-18(17)22-3)12-20-9-5-6-16(13-20)11-19-14(2)21/h7-8,10,16H,4-6,9,11-13H2,1-3H3,(H,19,21)/t16-/m1/s1. The molecule has 0 bridgehead atoms. The number of hydrogen-bond donors (Lipinski definition) is 1. The number of carbonyl (C=O) groups excluding carboxylic acids is 1. The highest BCUT2D eigenvalue weighted by Gasteiger charge is 2.20. The molecule has 1 aromatic carbocycles. The number of piperidine rings is 1. The SMILES string of the molecule is CCOc1ccc(CN2CCC[C@H](CNC(C)=O)C2)cc1OC. The third kappa shape index (κ3) is 5.43. The van der Waals surface area contributed by atoms with E-state index in [1.807, 2.05) is 13.0 Å². The van der Waals surface area contributed by atoms with Crippen LogP contribution in [0, 0.1) is 5.92 Å². The first-order valence-corrected chi connectivity index (χ1v) is 8.38. The van der Waals surface area contributed by atoms with E-state index < -0.39 is 0 Å². The van der Waals surface area contributed by atoms with Crippen LogP contribution in [0.15, 0.2) is 18.2 Å². The zero-order valence-electron chi connectivity index (χ0n) is 14.4. The molecule has 0 aliphatic carbocycles. The van der Waals surface area contributed by atoms with Crippen molar-refractivity contribution in [1.82, 2.24) is 10.2 Å². The van der Waals surface area contributed by atoms with Crippen LogP contribution < -0.4 is 14.8 Å². The van der Waals surface area contributed by atoms with Crippen LogP contribution in [-0.2, 0) is 11.3 Å². The summed E-state index contributed by atoms with van der Waals surface area (Å²) in [6, 6.07) is 6.14. The maximum Gasteiger partial charge on any atom is 0.216 e. The van der Waals surface area contributed by atoms with Crippen molar-refractivity contribution in [2.24, 2.45) is 5.92 Å². The minimum atomic E-state index is 0.0540. The van der Waals surface area contributed by atoms with Gasteiger partial charge in [-0.3, -0.25) is 9.69 Å². The average Bonchev–Trinajstić information content (AvgIpc) is 2.55. The lowest BCUT2D eigenvalue weighted by atomic mass is 9.97. The van der Waals surface area contributed by atoms with E-state index >= 15 is 0 Å². The molecule has 1 fully saturated rings. The van der Waals surface area contributed by atoms with Crippen molar-refractivity contribution < 1.29 is 14.3 Å². The molecule has 0 saturated carbocycles. The Morgan fingerprint density at radius 2 is 2.22 bits per heavy atom. The Hall–Kier alpha value is -1.75. The molecule has 0 radical (unpaired) electrons. The molecular weight excluding hydrogens is 292 g/mol. The van der Waals surface area contributed by atoms with Gasteiger partial charge in [0, 0.05) is 26.6 Å². The topological polar surface area (TPSA) is 50.8 Å². The molecule has 1 aromatic rings. The molecular formula is C18H28N2O3. The van der Waals surface area contributed by atoms with Crippen molar-refractivity contribution in [2.45, 2.75) is 33.2 Å². The molecule has 1 amide bonds. The van der Waals surface area contributed by atoms with Gasteiger partial charge in [0.05, 0.1) is 13.7 Å². The minimum absolute atomic E-state index is 0.0540. The van der Waals surface area contributed by atoms with Crippen molar-refractivity contribution in [3.8, 4) is 11.5 Å². The summed E-state index contributed by atoms with van der Waals surface area (Å²) in [5, 5.41) is 2.94. The number of likely N-dealkylation sites (tertiary alicyclic amines) is 1. The lowest BCUT2D eigenvalue weighted by Gasteiger charge is -2.32. The maximum atomic E-state index is 11.1. The van der Waals surface area contributed by atoms with E-state index in [2.05, 4.69) is 22.3 Å². The highest BCUT2D eigenvalue weighted by Crippen LogP contribution is 2.29. The average molecular weight is 320 g/mol. The van der Waals surface area contributed by atoms with Crippen molar-refractivity contribution in [3.05, 3.63) is 23.8 Å². The molecule has 1 aliphatic heterocycles. The van der Waals surface area contributed by atoms with Crippen LogP contribution in [0.25, 0.3) is 0 Å². The Morgan fingerprint density at radius 1 is 1.39 bits per heavy atom. The summed E-state index contributed by atoms with van der Waals surface area (Å²) in [5.74, 6) is 2.17. The van der Waals surface area contributed by atoms with Gasteiger partial charge in [0.25, 0.3) is 0 Å². The molecule has 0 spiro atoms. The van der Waals surface area contributed by atoms with E-state index in [4.69, 9.17) is 9.47 Å². The summed E-state index contributed by atoms with van der Waals surface area (Å²) in [7, 11) is 1.67. The van der Waals surface area contributed by atoms with Gasteiger partial charge in [-0.05, 0) is 49.9 Å². The van der Waals surface area contributed by atoms with Crippen LogP contribution in [0.3, 0.4) is 0 Å². The van der Waals surface area contributed by atoms with Gasteiger partial charge >= 0.3 is 0 Å². The second kappa shape index (κ2) is 8.77. The normalized spacial score (nSPS) is 18.5. The third-order valence-electron chi connectivity index (χ3n) is 4.18. The van der Waals surface area contributed by atoms with Crippen LogP contribution in [0.1, 0.15) is 32.3 Å². The number of hydrogen-bond acceptors (Lipinski definition) is 4. The molecule has 128 valence electrons. The molecule has 0 aromatic heterocycles. The Kier molecular flexibility index (Phi) is 6.71. The number of benzene rings is 1. The third-order valence-corrected chi connectivity index (χ3v) is 4.18. The molecule has 1 saturated heterocycles. The Bertz CT molecular complexity index is 519. The lowest BCUT2D eigenvalue weighted by Crippen LogP contribution is -2.40. The Morgan fingerprint density at radius 3 is 2.91 bits per heavy atom. The van der Waals surface area contributed by atoms with Gasteiger partial charge in [0.1, 0.15) is 0 Å². The van der Waals surface area contributed by atoms with Crippen LogP contribution in [-0.4, -0.2) is 44.2 Å². The van der Waals surface area contributed by atoms with Crippen LogP contribution in [0.4, 0.5) is 0 Å². The minimum Gasteiger partial charge on any atom is -0.493 e. The van der Waals surface area contributed by atoms with Crippen LogP contribution in [0.5, 0.6) is 11.5 Å². The lowest BCUT2D eigenvalue weighted by molar-refractivity contribution is -0.119. The molecule has 1 atom stereocenters. The second-order valence-corrected chi connectivity index (χ2v) is 6.10. The van der Waals surface area contributed by atoms with E-state index in [1.165, 1.54) is 18.4 Å². The smallest absolute Gasteiger partial charge is 0.216 e. The van der Waals surface area contributed by atoms with Gasteiger partial charge in [-0.1, -0.05) is 6.07 Å². The Labute approximate surface area is 139 Å². The summed E-state index contributed by atoms with van der Waals surface area (Å²) < 4.78 is 11.0. The first kappa shape index (κ1) is 17.6. The number of rotatable bonds is 7. The molecule has 1 N–H and O–H groups in total. The van der Waals surface area contributed by atoms with Crippen LogP contribution in [0.2, 0.25) is 0 Å². The number of carbonyl (C=O) groups is 1. The number of nitrogens with zero attached hydrogens (tertiary/aromatic N) is 1. The highest BCUT2D eigenvalue weighted by molar-refractivity contribution is 5.72. The molecule has 5 nitrogen and oxygen atoms in total. The van der Waals surface area contributed by atoms with E-state index in [9.17, 15) is 4.79 Å². The quantitative estimate of drug-likeness (QED) is 0.838. The first-order valence-electron chi connectivity index (χ1n) is 8.38. The molecule has 1 heterocycles. The molecule has 1 aliphatic rings. The predicted molar refractivity (Wildman–Crippen MR) is 90.8 cm³/mol. The van der Waals surface area contributed by atoms with E-state index in [1.54, 1.807) is 14.0 Å². The summed E-state index contributed by atoms with van der Waals surface area (Å²) in [4.78, 5) is 13.5. The summed E-state index contributed by atoms with van der Waals surface area (Å²) in [6.45, 7) is 7.98. The molecule has 0 unspecified atom stereocenters. The van der Waals surface area contributed by atoms with Crippen molar-refractivity contribution in [1.29, 1.82) is 0 Å². The summed E-state index contributed by atoms with van der Waals surface area (Å²) in [5.41, 5.74) is 1.23.